The number of fused-ring (bicyclic) bond motifs is 1. The zero-order valence-corrected chi connectivity index (χ0v) is 10.9. The molecule has 0 aliphatic heterocycles. The summed E-state index contributed by atoms with van der Waals surface area (Å²) < 4.78 is 1.90. The van der Waals surface area contributed by atoms with Crippen molar-refractivity contribution in [3.8, 4) is 0 Å². The molecule has 2 aromatic heterocycles. The molecular weight excluding hydrogens is 260 g/mol. The normalized spacial score (nSPS) is 16.7. The van der Waals surface area contributed by atoms with Crippen molar-refractivity contribution in [3.05, 3.63) is 59.3 Å². The molecular formula is C14H11ClN4. The zero-order chi connectivity index (χ0) is 12.9. The molecule has 1 aliphatic rings. The summed E-state index contributed by atoms with van der Waals surface area (Å²) >= 11 is 6.25. The van der Waals surface area contributed by atoms with Crippen LogP contribution in [-0.2, 0) is 5.41 Å². The van der Waals surface area contributed by atoms with E-state index in [1.807, 2.05) is 10.5 Å². The van der Waals surface area contributed by atoms with Crippen molar-refractivity contribution in [3.63, 3.8) is 0 Å². The zero-order valence-electron chi connectivity index (χ0n) is 10.1. The molecule has 1 aromatic carbocycles. The van der Waals surface area contributed by atoms with E-state index in [9.17, 15) is 0 Å². The molecule has 0 bridgehead atoms. The number of hydrogen-bond acceptors (Lipinski definition) is 3. The number of benzene rings is 1. The van der Waals surface area contributed by atoms with Crippen LogP contribution in [0.3, 0.4) is 0 Å². The summed E-state index contributed by atoms with van der Waals surface area (Å²) in [6.45, 7) is 0. The van der Waals surface area contributed by atoms with Crippen LogP contribution in [0.15, 0.2) is 42.7 Å². The van der Waals surface area contributed by atoms with Gasteiger partial charge in [0.05, 0.1) is 17.8 Å². The predicted molar refractivity (Wildman–Crippen MR) is 72.2 cm³/mol. The average Bonchev–Trinajstić information content (AvgIpc) is 3.14. The van der Waals surface area contributed by atoms with Crippen molar-refractivity contribution in [2.45, 2.75) is 18.3 Å². The highest BCUT2D eigenvalue weighted by molar-refractivity contribution is 6.29. The molecule has 1 fully saturated rings. The number of halogens is 1. The molecule has 94 valence electrons. The van der Waals surface area contributed by atoms with Gasteiger partial charge in [0, 0.05) is 0 Å². The number of hydrogen-bond donors (Lipinski definition) is 0. The average molecular weight is 271 g/mol. The monoisotopic (exact) mass is 270 g/mol. The Morgan fingerprint density at radius 3 is 2.58 bits per heavy atom. The van der Waals surface area contributed by atoms with Gasteiger partial charge >= 0.3 is 0 Å². The first-order valence-corrected chi connectivity index (χ1v) is 6.60. The molecule has 0 spiro atoms. The second-order valence-corrected chi connectivity index (χ2v) is 5.28. The molecule has 4 rings (SSSR count). The minimum atomic E-state index is -0.0360. The van der Waals surface area contributed by atoms with Crippen molar-refractivity contribution in [2.24, 2.45) is 0 Å². The molecule has 1 saturated carbocycles. The van der Waals surface area contributed by atoms with Crippen LogP contribution in [0.2, 0.25) is 5.15 Å². The fourth-order valence-corrected chi connectivity index (χ4v) is 2.87. The Bertz CT molecular complexity index is 746. The molecule has 3 aromatic rings. The first kappa shape index (κ1) is 10.9. The summed E-state index contributed by atoms with van der Waals surface area (Å²) in [4.78, 5) is 4.05. The second kappa shape index (κ2) is 3.78. The van der Waals surface area contributed by atoms with E-state index >= 15 is 0 Å². The van der Waals surface area contributed by atoms with Crippen LogP contribution in [-0.4, -0.2) is 19.6 Å². The Kier molecular flexibility index (Phi) is 2.17. The molecule has 0 N–H and O–H groups in total. The molecule has 19 heavy (non-hydrogen) atoms. The van der Waals surface area contributed by atoms with Gasteiger partial charge in [-0.1, -0.05) is 41.9 Å². The highest BCUT2D eigenvalue weighted by Crippen LogP contribution is 2.52. The van der Waals surface area contributed by atoms with Gasteiger partial charge in [-0.15, -0.1) is 10.2 Å². The summed E-state index contributed by atoms with van der Waals surface area (Å²) in [5, 5.41) is 9.09. The van der Waals surface area contributed by atoms with Crippen molar-refractivity contribution < 1.29 is 0 Å². The van der Waals surface area contributed by atoms with Crippen LogP contribution >= 0.6 is 11.6 Å². The summed E-state index contributed by atoms with van der Waals surface area (Å²) in [5.41, 5.74) is 1.94. The van der Waals surface area contributed by atoms with Crippen molar-refractivity contribution >= 4 is 17.2 Å². The maximum absolute atomic E-state index is 6.25. The van der Waals surface area contributed by atoms with Gasteiger partial charge in [0.25, 0.3) is 0 Å². The maximum atomic E-state index is 6.25. The lowest BCUT2D eigenvalue weighted by atomic mass is 9.95. The van der Waals surface area contributed by atoms with Gasteiger partial charge in [-0.05, 0) is 18.4 Å². The van der Waals surface area contributed by atoms with Crippen LogP contribution in [0.25, 0.3) is 5.65 Å². The molecule has 0 unspecified atom stereocenters. The Balaban J connectivity index is 1.96. The molecule has 0 atom stereocenters. The molecule has 5 heteroatoms. The Morgan fingerprint density at radius 2 is 1.84 bits per heavy atom. The van der Waals surface area contributed by atoms with E-state index in [0.29, 0.717) is 10.8 Å². The third kappa shape index (κ3) is 1.50. The summed E-state index contributed by atoms with van der Waals surface area (Å²) in [6.07, 6.45) is 5.47. The SMILES string of the molecule is Clc1cncc2nnc(C3(c4ccccc4)CC3)n12. The smallest absolute Gasteiger partial charge is 0.180 e. The molecule has 2 heterocycles. The standard InChI is InChI=1S/C14H11ClN4/c15-11-8-16-9-12-17-18-13(19(11)12)14(6-7-14)10-4-2-1-3-5-10/h1-5,8-9H,6-7H2. The number of rotatable bonds is 2. The Labute approximate surface area is 115 Å². The molecule has 0 radical (unpaired) electrons. The highest BCUT2D eigenvalue weighted by atomic mass is 35.5. The van der Waals surface area contributed by atoms with Gasteiger partial charge < -0.3 is 0 Å². The minimum Gasteiger partial charge on any atom is -0.266 e. The van der Waals surface area contributed by atoms with E-state index in [0.717, 1.165) is 18.7 Å². The molecule has 1 aliphatic carbocycles. The van der Waals surface area contributed by atoms with E-state index in [2.05, 4.69) is 39.4 Å². The van der Waals surface area contributed by atoms with Gasteiger partial charge in [-0.2, -0.15) is 0 Å². The quantitative estimate of drug-likeness (QED) is 0.719. The van der Waals surface area contributed by atoms with Gasteiger partial charge in [0.1, 0.15) is 11.0 Å². The van der Waals surface area contributed by atoms with Gasteiger partial charge in [0.15, 0.2) is 5.65 Å². The molecule has 0 amide bonds. The van der Waals surface area contributed by atoms with Crippen LogP contribution in [0, 0.1) is 0 Å². The van der Waals surface area contributed by atoms with Crippen LogP contribution in [0.1, 0.15) is 24.2 Å². The lowest BCUT2D eigenvalue weighted by Crippen LogP contribution is -2.13. The summed E-state index contributed by atoms with van der Waals surface area (Å²) in [5.74, 6) is 0.918. The van der Waals surface area contributed by atoms with Gasteiger partial charge in [-0.3, -0.25) is 9.38 Å². The fourth-order valence-electron chi connectivity index (χ4n) is 2.65. The van der Waals surface area contributed by atoms with E-state index in [-0.39, 0.29) is 5.41 Å². The van der Waals surface area contributed by atoms with Crippen molar-refractivity contribution in [1.29, 1.82) is 0 Å². The highest BCUT2D eigenvalue weighted by Gasteiger charge is 2.49. The summed E-state index contributed by atoms with van der Waals surface area (Å²) in [6, 6.07) is 10.4. The van der Waals surface area contributed by atoms with Crippen LogP contribution < -0.4 is 0 Å². The third-order valence-corrected chi connectivity index (χ3v) is 4.04. The third-order valence-electron chi connectivity index (χ3n) is 3.78. The van der Waals surface area contributed by atoms with E-state index in [4.69, 9.17) is 11.6 Å². The number of nitrogens with zero attached hydrogens (tertiary/aromatic N) is 4. The Hall–Kier alpha value is -1.94. The lowest BCUT2D eigenvalue weighted by molar-refractivity contribution is 0.739. The van der Waals surface area contributed by atoms with Crippen LogP contribution in [0.4, 0.5) is 0 Å². The van der Waals surface area contributed by atoms with Gasteiger partial charge in [0.2, 0.25) is 0 Å². The van der Waals surface area contributed by atoms with E-state index in [1.54, 1.807) is 12.4 Å². The topological polar surface area (TPSA) is 43.1 Å². The Morgan fingerprint density at radius 1 is 1.05 bits per heavy atom. The predicted octanol–water partition coefficient (Wildman–Crippen LogP) is 2.86. The lowest BCUT2D eigenvalue weighted by Gasteiger charge is -2.14. The van der Waals surface area contributed by atoms with Crippen LogP contribution in [0.5, 0.6) is 0 Å². The van der Waals surface area contributed by atoms with Crippen molar-refractivity contribution in [2.75, 3.05) is 0 Å². The van der Waals surface area contributed by atoms with E-state index < -0.39 is 0 Å². The molecule has 0 saturated heterocycles. The van der Waals surface area contributed by atoms with Crippen molar-refractivity contribution in [1.82, 2.24) is 19.6 Å². The fraction of sp³-hybridized carbons (Fsp3) is 0.214. The largest absolute Gasteiger partial charge is 0.266 e. The number of aromatic nitrogens is 4. The van der Waals surface area contributed by atoms with Gasteiger partial charge in [-0.25, -0.2) is 0 Å². The minimum absolute atomic E-state index is 0.0360. The van der Waals surface area contributed by atoms with E-state index in [1.165, 1.54) is 5.56 Å². The first-order chi connectivity index (χ1) is 9.31. The first-order valence-electron chi connectivity index (χ1n) is 6.22. The second-order valence-electron chi connectivity index (χ2n) is 4.90. The maximum Gasteiger partial charge on any atom is 0.180 e. The molecule has 4 nitrogen and oxygen atoms in total. The summed E-state index contributed by atoms with van der Waals surface area (Å²) in [7, 11) is 0.